The largest absolute Gasteiger partial charge is 0.313 e. The van der Waals surface area contributed by atoms with Gasteiger partial charge in [0, 0.05) is 12.5 Å². The Labute approximate surface area is 85.1 Å². The Morgan fingerprint density at radius 2 is 2.21 bits per heavy atom. The molecule has 0 bridgehead atoms. The predicted molar refractivity (Wildman–Crippen MR) is 58.2 cm³/mol. The lowest BCUT2D eigenvalue weighted by Gasteiger charge is -2.10. The fraction of sp³-hybridized carbons (Fsp3) is 0.600. The maximum Gasteiger partial charge on any atom is 0.190 e. The SMILES string of the molecule is CC[CH]C(=N)C(=O)CN[C@H](C)CC=N. The third kappa shape index (κ3) is 5.59. The van der Waals surface area contributed by atoms with Crippen LogP contribution in [0.15, 0.2) is 0 Å². The second-order valence-corrected chi connectivity index (χ2v) is 3.17. The van der Waals surface area contributed by atoms with E-state index in [2.05, 4.69) is 5.32 Å². The van der Waals surface area contributed by atoms with Crippen LogP contribution in [0, 0.1) is 17.2 Å². The first-order valence-corrected chi connectivity index (χ1v) is 4.79. The Morgan fingerprint density at radius 3 is 2.71 bits per heavy atom. The summed E-state index contributed by atoms with van der Waals surface area (Å²) in [4.78, 5) is 11.3. The van der Waals surface area contributed by atoms with Gasteiger partial charge in [-0.15, -0.1) is 0 Å². The Hall–Kier alpha value is -1.03. The van der Waals surface area contributed by atoms with Gasteiger partial charge >= 0.3 is 0 Å². The summed E-state index contributed by atoms with van der Waals surface area (Å²) in [6.45, 7) is 3.99. The molecule has 0 aromatic carbocycles. The normalized spacial score (nSPS) is 12.1. The third-order valence-electron chi connectivity index (χ3n) is 1.79. The fourth-order valence-electron chi connectivity index (χ4n) is 0.940. The van der Waals surface area contributed by atoms with Crippen molar-refractivity contribution >= 4 is 17.7 Å². The van der Waals surface area contributed by atoms with Crippen LogP contribution in [0.2, 0.25) is 0 Å². The summed E-state index contributed by atoms with van der Waals surface area (Å²) in [6, 6.07) is 0.117. The molecule has 1 atom stereocenters. The van der Waals surface area contributed by atoms with E-state index in [1.54, 1.807) is 6.42 Å². The van der Waals surface area contributed by atoms with Crippen molar-refractivity contribution in [1.82, 2.24) is 5.32 Å². The number of hydrogen-bond donors (Lipinski definition) is 3. The van der Waals surface area contributed by atoms with E-state index in [0.29, 0.717) is 12.8 Å². The maximum atomic E-state index is 11.3. The third-order valence-corrected chi connectivity index (χ3v) is 1.79. The Balaban J connectivity index is 3.72. The van der Waals surface area contributed by atoms with Gasteiger partial charge in [0.1, 0.15) is 0 Å². The zero-order chi connectivity index (χ0) is 11.0. The predicted octanol–water partition coefficient (Wildman–Crippen LogP) is 1.21. The van der Waals surface area contributed by atoms with Crippen molar-refractivity contribution < 1.29 is 4.79 Å². The van der Waals surface area contributed by atoms with Crippen LogP contribution >= 0.6 is 0 Å². The lowest BCUT2D eigenvalue weighted by atomic mass is 10.1. The molecule has 14 heavy (non-hydrogen) atoms. The van der Waals surface area contributed by atoms with Gasteiger partial charge in [-0.1, -0.05) is 6.92 Å². The number of ketones is 1. The van der Waals surface area contributed by atoms with Gasteiger partial charge in [0.15, 0.2) is 5.78 Å². The quantitative estimate of drug-likeness (QED) is 0.510. The van der Waals surface area contributed by atoms with E-state index in [1.807, 2.05) is 13.8 Å². The molecule has 79 valence electrons. The molecule has 0 heterocycles. The zero-order valence-electron chi connectivity index (χ0n) is 8.76. The van der Waals surface area contributed by atoms with Crippen LogP contribution in [-0.4, -0.2) is 30.3 Å². The highest BCUT2D eigenvalue weighted by Gasteiger charge is 2.09. The van der Waals surface area contributed by atoms with Crippen molar-refractivity contribution in [2.75, 3.05) is 6.54 Å². The summed E-state index contributed by atoms with van der Waals surface area (Å²) in [7, 11) is 0. The summed E-state index contributed by atoms with van der Waals surface area (Å²) in [6.07, 6.45) is 4.23. The van der Waals surface area contributed by atoms with Gasteiger partial charge in [0.05, 0.1) is 12.3 Å². The lowest BCUT2D eigenvalue weighted by Crippen LogP contribution is -2.34. The van der Waals surface area contributed by atoms with E-state index in [-0.39, 0.29) is 24.1 Å². The molecular weight excluding hydrogens is 178 g/mol. The second-order valence-electron chi connectivity index (χ2n) is 3.17. The number of carbonyl (C=O) groups excluding carboxylic acids is 1. The highest BCUT2D eigenvalue weighted by atomic mass is 16.1. The van der Waals surface area contributed by atoms with Gasteiger partial charge in [-0.05, 0) is 26.0 Å². The van der Waals surface area contributed by atoms with Gasteiger partial charge in [-0.2, -0.15) is 0 Å². The molecule has 3 N–H and O–H groups in total. The van der Waals surface area contributed by atoms with E-state index in [4.69, 9.17) is 10.8 Å². The number of nitrogens with one attached hydrogen (secondary N) is 3. The van der Waals surface area contributed by atoms with E-state index in [1.165, 1.54) is 6.21 Å². The van der Waals surface area contributed by atoms with Gasteiger partial charge in [-0.3, -0.25) is 4.79 Å². The first-order chi connectivity index (χ1) is 6.61. The zero-order valence-corrected chi connectivity index (χ0v) is 8.76. The summed E-state index contributed by atoms with van der Waals surface area (Å²) < 4.78 is 0. The molecule has 0 aliphatic rings. The molecule has 0 fully saturated rings. The molecule has 0 amide bonds. The number of carbonyl (C=O) groups is 1. The second kappa shape index (κ2) is 7.38. The average molecular weight is 196 g/mol. The van der Waals surface area contributed by atoms with Crippen molar-refractivity contribution in [3.8, 4) is 0 Å². The Morgan fingerprint density at radius 1 is 1.57 bits per heavy atom. The van der Waals surface area contributed by atoms with Crippen molar-refractivity contribution in [2.45, 2.75) is 32.7 Å². The van der Waals surface area contributed by atoms with E-state index in [9.17, 15) is 4.79 Å². The summed E-state index contributed by atoms with van der Waals surface area (Å²) in [5.74, 6) is -0.191. The maximum absolute atomic E-state index is 11.3. The van der Waals surface area contributed by atoms with Crippen LogP contribution in [0.3, 0.4) is 0 Å². The van der Waals surface area contributed by atoms with Gasteiger partial charge < -0.3 is 16.1 Å². The molecule has 4 nitrogen and oxygen atoms in total. The van der Waals surface area contributed by atoms with Gasteiger partial charge in [0.2, 0.25) is 0 Å². The average Bonchev–Trinajstić information content (AvgIpc) is 2.15. The molecule has 0 rings (SSSR count). The molecule has 0 spiro atoms. The van der Waals surface area contributed by atoms with Crippen molar-refractivity contribution in [2.24, 2.45) is 0 Å². The summed E-state index contributed by atoms with van der Waals surface area (Å²) in [5, 5.41) is 17.2. The van der Waals surface area contributed by atoms with Crippen LogP contribution in [0.4, 0.5) is 0 Å². The van der Waals surface area contributed by atoms with Crippen molar-refractivity contribution in [3.05, 3.63) is 6.42 Å². The first-order valence-electron chi connectivity index (χ1n) is 4.79. The molecule has 0 aromatic heterocycles. The van der Waals surface area contributed by atoms with Crippen LogP contribution in [0.5, 0.6) is 0 Å². The van der Waals surface area contributed by atoms with Crippen LogP contribution < -0.4 is 5.32 Å². The molecule has 0 aliphatic carbocycles. The summed E-state index contributed by atoms with van der Waals surface area (Å²) in [5.41, 5.74) is 0.0713. The molecule has 0 saturated heterocycles. The Bertz CT molecular complexity index is 213. The van der Waals surface area contributed by atoms with E-state index >= 15 is 0 Å². The highest BCUT2D eigenvalue weighted by molar-refractivity contribution is 6.42. The minimum Gasteiger partial charge on any atom is -0.313 e. The summed E-state index contributed by atoms with van der Waals surface area (Å²) >= 11 is 0. The highest BCUT2D eigenvalue weighted by Crippen LogP contribution is 1.91. The molecule has 4 heteroatoms. The van der Waals surface area contributed by atoms with Gasteiger partial charge in [-0.25, -0.2) is 0 Å². The topological polar surface area (TPSA) is 76.8 Å². The number of rotatable bonds is 8. The van der Waals surface area contributed by atoms with Crippen LogP contribution in [-0.2, 0) is 4.79 Å². The minimum absolute atomic E-state index is 0.0713. The molecule has 1 radical (unpaired) electrons. The monoisotopic (exact) mass is 196 g/mol. The van der Waals surface area contributed by atoms with Crippen LogP contribution in [0.1, 0.15) is 26.7 Å². The van der Waals surface area contributed by atoms with Gasteiger partial charge in [0.25, 0.3) is 0 Å². The van der Waals surface area contributed by atoms with Crippen molar-refractivity contribution in [3.63, 3.8) is 0 Å². The van der Waals surface area contributed by atoms with Crippen LogP contribution in [0.25, 0.3) is 0 Å². The van der Waals surface area contributed by atoms with Crippen molar-refractivity contribution in [1.29, 1.82) is 10.8 Å². The molecule has 0 aliphatic heterocycles. The minimum atomic E-state index is -0.191. The number of hydrogen-bond acceptors (Lipinski definition) is 4. The standard InChI is InChI=1S/C10H18N3O/c1-3-4-9(12)10(14)7-13-8(2)5-6-11/h4,6,8,11-13H,3,5,7H2,1-2H3/t8-/m1/s1. The Kier molecular flexibility index (Phi) is 6.84. The smallest absolute Gasteiger partial charge is 0.190 e. The molecule has 0 unspecified atom stereocenters. The molecular formula is C10H18N3O. The van der Waals surface area contributed by atoms with E-state index in [0.717, 1.165) is 0 Å². The number of Topliss-reactive ketones (excluding diaryl/α,β-unsaturated/α-hetero) is 1. The van der Waals surface area contributed by atoms with E-state index < -0.39 is 0 Å². The molecule has 0 aromatic rings. The first kappa shape index (κ1) is 13.0. The molecule has 0 saturated carbocycles. The fourth-order valence-corrected chi connectivity index (χ4v) is 0.940. The lowest BCUT2D eigenvalue weighted by molar-refractivity contribution is -0.112.